The van der Waals surface area contributed by atoms with Gasteiger partial charge in [-0.25, -0.2) is 0 Å². The Morgan fingerprint density at radius 2 is 1.90 bits per heavy atom. The molecule has 21 heavy (non-hydrogen) atoms. The summed E-state index contributed by atoms with van der Waals surface area (Å²) in [5.74, 6) is 2.47. The zero-order chi connectivity index (χ0) is 14.2. The van der Waals surface area contributed by atoms with E-state index in [4.69, 9.17) is 21.1 Å². The number of halogens is 1. The molecule has 0 unspecified atom stereocenters. The van der Waals surface area contributed by atoms with Crippen molar-refractivity contribution in [2.75, 3.05) is 19.8 Å². The lowest BCUT2D eigenvalue weighted by atomic mass is 10.1. The fourth-order valence-electron chi connectivity index (χ4n) is 3.02. The maximum atomic E-state index is 6.39. The van der Waals surface area contributed by atoms with E-state index in [-0.39, 0.29) is 0 Å². The van der Waals surface area contributed by atoms with Crippen molar-refractivity contribution in [3.05, 3.63) is 22.7 Å². The molecular formula is C17H22ClNO2. The third-order valence-corrected chi connectivity index (χ3v) is 4.78. The molecular weight excluding hydrogens is 286 g/mol. The summed E-state index contributed by atoms with van der Waals surface area (Å²) < 4.78 is 11.5. The average Bonchev–Trinajstić information content (AvgIpc) is 3.31. The average molecular weight is 308 g/mol. The smallest absolute Gasteiger partial charge is 0.179 e. The first-order valence-corrected chi connectivity index (χ1v) is 8.49. The van der Waals surface area contributed by atoms with Gasteiger partial charge in [-0.1, -0.05) is 11.6 Å². The van der Waals surface area contributed by atoms with Crippen molar-refractivity contribution in [3.63, 3.8) is 0 Å². The van der Waals surface area contributed by atoms with Gasteiger partial charge in [0.1, 0.15) is 0 Å². The first-order chi connectivity index (χ1) is 10.3. The third-order valence-electron chi connectivity index (χ3n) is 4.50. The Hall–Kier alpha value is -0.930. The Morgan fingerprint density at radius 3 is 2.67 bits per heavy atom. The fraction of sp³-hybridized carbons (Fsp3) is 0.647. The molecule has 3 nitrogen and oxygen atoms in total. The molecule has 0 saturated heterocycles. The van der Waals surface area contributed by atoms with E-state index in [9.17, 15) is 0 Å². The molecule has 2 fully saturated rings. The summed E-state index contributed by atoms with van der Waals surface area (Å²) in [5, 5.41) is 0.687. The van der Waals surface area contributed by atoms with Crippen molar-refractivity contribution in [2.45, 2.75) is 44.7 Å². The van der Waals surface area contributed by atoms with Crippen molar-refractivity contribution < 1.29 is 9.47 Å². The molecule has 0 aromatic heterocycles. The summed E-state index contributed by atoms with van der Waals surface area (Å²) in [4.78, 5) is 2.63. The Morgan fingerprint density at radius 1 is 1.10 bits per heavy atom. The largest absolute Gasteiger partial charge is 0.489 e. The highest BCUT2D eigenvalue weighted by Crippen LogP contribution is 2.40. The molecule has 0 radical (unpaired) electrons. The van der Waals surface area contributed by atoms with Crippen LogP contribution in [0.2, 0.25) is 5.02 Å². The lowest BCUT2D eigenvalue weighted by molar-refractivity contribution is 0.243. The van der Waals surface area contributed by atoms with Gasteiger partial charge in [0, 0.05) is 25.6 Å². The van der Waals surface area contributed by atoms with Gasteiger partial charge in [-0.3, -0.25) is 4.90 Å². The minimum absolute atomic E-state index is 0.682. The van der Waals surface area contributed by atoms with Crippen LogP contribution >= 0.6 is 11.6 Å². The monoisotopic (exact) mass is 307 g/mol. The van der Waals surface area contributed by atoms with Gasteiger partial charge in [0.2, 0.25) is 0 Å². The molecule has 1 aliphatic heterocycles. The Bertz CT molecular complexity index is 526. The van der Waals surface area contributed by atoms with Crippen LogP contribution in [0.1, 0.15) is 37.7 Å². The Labute approximate surface area is 131 Å². The topological polar surface area (TPSA) is 21.7 Å². The summed E-state index contributed by atoms with van der Waals surface area (Å²) in [6, 6.07) is 4.96. The molecule has 1 aromatic rings. The molecule has 0 bridgehead atoms. The van der Waals surface area contributed by atoms with Crippen LogP contribution in [0.15, 0.2) is 12.1 Å². The number of rotatable bonds is 5. The summed E-state index contributed by atoms with van der Waals surface area (Å²) in [6.07, 6.45) is 6.43. The quantitative estimate of drug-likeness (QED) is 0.824. The number of hydrogen-bond donors (Lipinski definition) is 0. The van der Waals surface area contributed by atoms with E-state index in [0.717, 1.165) is 36.4 Å². The number of nitrogens with zero attached hydrogens (tertiary/aromatic N) is 1. The molecule has 0 N–H and O–H groups in total. The Kier molecular flexibility index (Phi) is 3.72. The van der Waals surface area contributed by atoms with Crippen LogP contribution in [0.4, 0.5) is 0 Å². The molecule has 0 atom stereocenters. The second-order valence-corrected chi connectivity index (χ2v) is 6.97. The van der Waals surface area contributed by atoms with Gasteiger partial charge in [-0.05, 0) is 49.3 Å². The molecule has 4 heteroatoms. The normalized spacial score (nSPS) is 21.4. The molecule has 2 saturated carbocycles. The molecule has 1 aromatic carbocycles. The number of benzene rings is 1. The van der Waals surface area contributed by atoms with E-state index in [1.165, 1.54) is 37.8 Å². The standard InChI is InChI=1S/C17H22ClNO2/c18-15-8-13(9-16-17(15)21-7-1-6-20-16)11-19(14-4-5-14)10-12-2-3-12/h8-9,12,14H,1-7,10-11H2. The van der Waals surface area contributed by atoms with Crippen molar-refractivity contribution in [1.29, 1.82) is 0 Å². The van der Waals surface area contributed by atoms with Gasteiger partial charge in [-0.15, -0.1) is 0 Å². The predicted molar refractivity (Wildman–Crippen MR) is 83.2 cm³/mol. The van der Waals surface area contributed by atoms with Gasteiger partial charge in [0.15, 0.2) is 11.5 Å². The zero-order valence-corrected chi connectivity index (χ0v) is 13.1. The van der Waals surface area contributed by atoms with E-state index in [0.29, 0.717) is 18.2 Å². The van der Waals surface area contributed by atoms with E-state index >= 15 is 0 Å². The molecule has 0 amide bonds. The maximum Gasteiger partial charge on any atom is 0.179 e. The van der Waals surface area contributed by atoms with Crippen LogP contribution in [-0.2, 0) is 6.54 Å². The van der Waals surface area contributed by atoms with Crippen molar-refractivity contribution >= 4 is 11.6 Å². The molecule has 114 valence electrons. The van der Waals surface area contributed by atoms with Crippen LogP contribution in [0.25, 0.3) is 0 Å². The number of fused-ring (bicyclic) bond motifs is 1. The summed E-state index contributed by atoms with van der Waals surface area (Å²) >= 11 is 6.39. The van der Waals surface area contributed by atoms with E-state index in [1.54, 1.807) is 0 Å². The van der Waals surface area contributed by atoms with Crippen molar-refractivity contribution in [2.24, 2.45) is 5.92 Å². The lowest BCUT2D eigenvalue weighted by Crippen LogP contribution is -2.27. The summed E-state index contributed by atoms with van der Waals surface area (Å²) in [6.45, 7) is 3.62. The van der Waals surface area contributed by atoms with Crippen LogP contribution in [0.3, 0.4) is 0 Å². The van der Waals surface area contributed by atoms with Gasteiger partial charge >= 0.3 is 0 Å². The minimum Gasteiger partial charge on any atom is -0.489 e. The maximum absolute atomic E-state index is 6.39. The lowest BCUT2D eigenvalue weighted by Gasteiger charge is -2.22. The fourth-order valence-corrected chi connectivity index (χ4v) is 3.31. The molecule has 1 heterocycles. The molecule has 2 aliphatic carbocycles. The summed E-state index contributed by atoms with van der Waals surface area (Å²) in [7, 11) is 0. The number of hydrogen-bond acceptors (Lipinski definition) is 3. The summed E-state index contributed by atoms with van der Waals surface area (Å²) in [5.41, 5.74) is 1.25. The highest BCUT2D eigenvalue weighted by molar-refractivity contribution is 6.32. The highest BCUT2D eigenvalue weighted by atomic mass is 35.5. The third kappa shape index (κ3) is 3.29. The number of ether oxygens (including phenoxy) is 2. The van der Waals surface area contributed by atoms with Gasteiger partial charge in [-0.2, -0.15) is 0 Å². The van der Waals surface area contributed by atoms with Crippen molar-refractivity contribution in [3.8, 4) is 11.5 Å². The van der Waals surface area contributed by atoms with Crippen LogP contribution in [0, 0.1) is 5.92 Å². The second kappa shape index (κ2) is 5.69. The highest BCUT2D eigenvalue weighted by Gasteiger charge is 2.33. The van der Waals surface area contributed by atoms with Crippen LogP contribution < -0.4 is 9.47 Å². The first kappa shape index (κ1) is 13.7. The molecule has 3 aliphatic rings. The van der Waals surface area contributed by atoms with E-state index < -0.39 is 0 Å². The van der Waals surface area contributed by atoms with Crippen molar-refractivity contribution in [1.82, 2.24) is 4.90 Å². The Balaban J connectivity index is 1.53. The second-order valence-electron chi connectivity index (χ2n) is 6.56. The molecule has 0 spiro atoms. The van der Waals surface area contributed by atoms with Gasteiger partial charge in [0.25, 0.3) is 0 Å². The van der Waals surface area contributed by atoms with Crippen LogP contribution in [-0.4, -0.2) is 30.7 Å². The van der Waals surface area contributed by atoms with E-state index in [2.05, 4.69) is 17.0 Å². The molecule has 4 rings (SSSR count). The SMILES string of the molecule is Clc1cc(CN(CC2CC2)C2CC2)cc2c1OCCCO2. The van der Waals surface area contributed by atoms with Gasteiger partial charge < -0.3 is 9.47 Å². The first-order valence-electron chi connectivity index (χ1n) is 8.11. The van der Waals surface area contributed by atoms with Gasteiger partial charge in [0.05, 0.1) is 18.2 Å². The minimum atomic E-state index is 0.682. The van der Waals surface area contributed by atoms with E-state index in [1.807, 2.05) is 0 Å². The zero-order valence-electron chi connectivity index (χ0n) is 12.3. The predicted octanol–water partition coefficient (Wildman–Crippen LogP) is 3.88. The van der Waals surface area contributed by atoms with Crippen LogP contribution in [0.5, 0.6) is 11.5 Å².